The zero-order valence-electron chi connectivity index (χ0n) is 24.7. The number of furan rings is 2. The number of hydrogen-bond donors (Lipinski definition) is 0. The molecular weight excluding hydrogens is 562 g/mol. The van der Waals surface area contributed by atoms with Crippen molar-refractivity contribution in [2.75, 3.05) is 0 Å². The number of hydrogen-bond acceptors (Lipinski definition) is 3. The second kappa shape index (κ2) is 10.4. The third-order valence-electron chi connectivity index (χ3n) is 8.92. The lowest BCUT2D eigenvalue weighted by Gasteiger charge is -2.14. The minimum atomic E-state index is 0.640. The van der Waals surface area contributed by atoms with Crippen molar-refractivity contribution in [2.24, 2.45) is 0 Å². The Balaban J connectivity index is 1.33. The second-order valence-electron chi connectivity index (χ2n) is 11.6. The minimum Gasteiger partial charge on any atom is -0.456 e. The van der Waals surface area contributed by atoms with Crippen molar-refractivity contribution in [1.29, 1.82) is 5.26 Å². The maximum absolute atomic E-state index is 10.2. The van der Waals surface area contributed by atoms with Crippen molar-refractivity contribution in [2.45, 2.75) is 0 Å². The number of para-hydroxylation sites is 2. The molecule has 0 aliphatic rings. The van der Waals surface area contributed by atoms with E-state index in [-0.39, 0.29) is 0 Å². The van der Waals surface area contributed by atoms with Gasteiger partial charge in [-0.05, 0) is 93.0 Å². The molecule has 0 radical (unpaired) electrons. The number of nitriles is 1. The van der Waals surface area contributed by atoms with Gasteiger partial charge in [0.15, 0.2) is 0 Å². The van der Waals surface area contributed by atoms with Crippen LogP contribution in [0.5, 0.6) is 0 Å². The molecule has 3 nitrogen and oxygen atoms in total. The van der Waals surface area contributed by atoms with E-state index in [0.29, 0.717) is 5.56 Å². The number of nitrogens with zero attached hydrogens (tertiary/aromatic N) is 1. The molecule has 0 atom stereocenters. The molecule has 0 unspecified atom stereocenters. The molecule has 0 aliphatic carbocycles. The van der Waals surface area contributed by atoms with Crippen molar-refractivity contribution in [3.05, 3.63) is 157 Å². The van der Waals surface area contributed by atoms with Gasteiger partial charge in [-0.25, -0.2) is 0 Å². The summed E-state index contributed by atoms with van der Waals surface area (Å²) in [5.41, 5.74) is 12.4. The average Bonchev–Trinajstić information content (AvgIpc) is 3.70. The van der Waals surface area contributed by atoms with Crippen LogP contribution in [-0.4, -0.2) is 0 Å². The van der Waals surface area contributed by atoms with E-state index >= 15 is 0 Å². The van der Waals surface area contributed by atoms with Gasteiger partial charge in [-0.3, -0.25) is 0 Å². The van der Waals surface area contributed by atoms with Gasteiger partial charge in [-0.1, -0.05) is 103 Å². The highest BCUT2D eigenvalue weighted by molar-refractivity contribution is 6.14. The molecule has 46 heavy (non-hydrogen) atoms. The van der Waals surface area contributed by atoms with Gasteiger partial charge in [-0.15, -0.1) is 0 Å². The summed E-state index contributed by atoms with van der Waals surface area (Å²) in [6.07, 6.45) is 0. The largest absolute Gasteiger partial charge is 0.456 e. The average molecular weight is 588 g/mol. The van der Waals surface area contributed by atoms with E-state index in [4.69, 9.17) is 8.83 Å². The molecule has 2 aromatic heterocycles. The van der Waals surface area contributed by atoms with Crippen LogP contribution < -0.4 is 0 Å². The van der Waals surface area contributed by atoms with E-state index in [1.54, 1.807) is 0 Å². The third-order valence-corrected chi connectivity index (χ3v) is 8.92. The maximum atomic E-state index is 10.2. The highest BCUT2D eigenvalue weighted by Gasteiger charge is 2.18. The van der Waals surface area contributed by atoms with Crippen LogP contribution in [0.1, 0.15) is 5.56 Å². The summed E-state index contributed by atoms with van der Waals surface area (Å²) >= 11 is 0. The van der Waals surface area contributed by atoms with Gasteiger partial charge >= 0.3 is 0 Å². The predicted molar refractivity (Wildman–Crippen MR) is 187 cm³/mol. The summed E-state index contributed by atoms with van der Waals surface area (Å²) in [7, 11) is 0. The van der Waals surface area contributed by atoms with E-state index in [1.807, 2.05) is 72.8 Å². The first-order chi connectivity index (χ1) is 22.7. The van der Waals surface area contributed by atoms with Crippen LogP contribution in [0.3, 0.4) is 0 Å². The molecule has 0 bridgehead atoms. The van der Waals surface area contributed by atoms with Gasteiger partial charge < -0.3 is 8.83 Å². The lowest BCUT2D eigenvalue weighted by atomic mass is 9.89. The van der Waals surface area contributed by atoms with Gasteiger partial charge in [0.25, 0.3) is 0 Å². The zero-order chi connectivity index (χ0) is 30.6. The molecule has 2 heterocycles. The SMILES string of the molecule is N#Cc1cc(-c2cc(-c3cccc4oc5ccccc5c34)cc(-c3cccc4oc5ccccc5c34)c2)ccc1-c1ccccc1. The first-order valence-electron chi connectivity index (χ1n) is 15.3. The van der Waals surface area contributed by atoms with E-state index in [0.717, 1.165) is 88.4 Å². The van der Waals surface area contributed by atoms with E-state index < -0.39 is 0 Å². The molecule has 0 spiro atoms. The second-order valence-corrected chi connectivity index (χ2v) is 11.6. The third kappa shape index (κ3) is 4.13. The van der Waals surface area contributed by atoms with Crippen molar-refractivity contribution >= 4 is 43.9 Å². The standard InChI is InChI=1S/C43H25NO2/c44-26-32-22-28(20-21-33(32)27-10-2-1-3-11-27)29-23-30(34-14-8-18-40-42(34)36-12-4-6-16-38(36)45-40)25-31(24-29)35-15-9-19-41-43(35)37-13-5-7-17-39(37)46-41/h1-25H. The highest BCUT2D eigenvalue weighted by Crippen LogP contribution is 2.43. The van der Waals surface area contributed by atoms with Gasteiger partial charge in [-0.2, -0.15) is 5.26 Å². The van der Waals surface area contributed by atoms with Crippen LogP contribution in [0, 0.1) is 11.3 Å². The van der Waals surface area contributed by atoms with Crippen LogP contribution >= 0.6 is 0 Å². The molecule has 214 valence electrons. The lowest BCUT2D eigenvalue weighted by molar-refractivity contribution is 0.668. The maximum Gasteiger partial charge on any atom is 0.136 e. The quantitative estimate of drug-likeness (QED) is 0.206. The minimum absolute atomic E-state index is 0.640. The molecule has 9 rings (SSSR count). The van der Waals surface area contributed by atoms with Gasteiger partial charge in [0.05, 0.1) is 11.6 Å². The summed E-state index contributed by atoms with van der Waals surface area (Å²) in [5, 5.41) is 14.6. The molecule has 3 heteroatoms. The predicted octanol–water partition coefficient (Wildman–Crippen LogP) is 12.0. The van der Waals surface area contributed by atoms with Crippen LogP contribution in [-0.2, 0) is 0 Å². The molecule has 0 fully saturated rings. The Bertz CT molecular complexity index is 2520. The van der Waals surface area contributed by atoms with Gasteiger partial charge in [0.2, 0.25) is 0 Å². The van der Waals surface area contributed by atoms with Crippen molar-refractivity contribution in [3.8, 4) is 50.6 Å². The topological polar surface area (TPSA) is 50.1 Å². The summed E-state index contributed by atoms with van der Waals surface area (Å²) in [4.78, 5) is 0. The summed E-state index contributed by atoms with van der Waals surface area (Å²) in [5.74, 6) is 0. The summed E-state index contributed by atoms with van der Waals surface area (Å²) in [6.45, 7) is 0. The molecule has 7 aromatic carbocycles. The molecule has 0 aliphatic heterocycles. The summed E-state index contributed by atoms with van der Waals surface area (Å²) in [6, 6.07) is 54.3. The monoisotopic (exact) mass is 587 g/mol. The smallest absolute Gasteiger partial charge is 0.136 e. The molecule has 0 saturated carbocycles. The van der Waals surface area contributed by atoms with E-state index in [1.165, 1.54) is 0 Å². The Morgan fingerprint density at radius 3 is 1.48 bits per heavy atom. The van der Waals surface area contributed by atoms with Crippen molar-refractivity contribution in [3.63, 3.8) is 0 Å². The summed E-state index contributed by atoms with van der Waals surface area (Å²) < 4.78 is 12.6. The lowest BCUT2D eigenvalue weighted by Crippen LogP contribution is -1.90. The molecule has 9 aromatic rings. The fourth-order valence-electron chi connectivity index (χ4n) is 6.82. The van der Waals surface area contributed by atoms with Crippen LogP contribution in [0.2, 0.25) is 0 Å². The fourth-order valence-corrected chi connectivity index (χ4v) is 6.82. The van der Waals surface area contributed by atoms with Crippen LogP contribution in [0.25, 0.3) is 88.4 Å². The first kappa shape index (κ1) is 26.1. The Morgan fingerprint density at radius 1 is 0.370 bits per heavy atom. The fraction of sp³-hybridized carbons (Fsp3) is 0. The molecule has 0 saturated heterocycles. The normalized spacial score (nSPS) is 11.5. The molecule has 0 amide bonds. The Labute approximate surface area is 265 Å². The van der Waals surface area contributed by atoms with Crippen molar-refractivity contribution < 1.29 is 8.83 Å². The number of benzene rings is 7. The first-order valence-corrected chi connectivity index (χ1v) is 15.3. The molecule has 0 N–H and O–H groups in total. The van der Waals surface area contributed by atoms with Crippen LogP contribution in [0.15, 0.2) is 160 Å². The Hall–Kier alpha value is -6.37. The molecular formula is C43H25NO2. The zero-order valence-corrected chi connectivity index (χ0v) is 24.7. The van der Waals surface area contributed by atoms with E-state index in [2.05, 4.69) is 84.9 Å². The number of fused-ring (bicyclic) bond motifs is 6. The van der Waals surface area contributed by atoms with Crippen molar-refractivity contribution in [1.82, 2.24) is 0 Å². The number of rotatable bonds is 4. The highest BCUT2D eigenvalue weighted by atomic mass is 16.3. The Kier molecular flexibility index (Phi) is 5.88. The van der Waals surface area contributed by atoms with Gasteiger partial charge in [0, 0.05) is 21.5 Å². The Morgan fingerprint density at radius 2 is 0.891 bits per heavy atom. The van der Waals surface area contributed by atoms with Crippen LogP contribution in [0.4, 0.5) is 0 Å². The van der Waals surface area contributed by atoms with E-state index in [9.17, 15) is 5.26 Å². The van der Waals surface area contributed by atoms with Gasteiger partial charge in [0.1, 0.15) is 22.3 Å².